The number of para-hydroxylation sites is 1. The van der Waals surface area contributed by atoms with Crippen LogP contribution < -0.4 is 4.74 Å². The summed E-state index contributed by atoms with van der Waals surface area (Å²) >= 11 is 0. The molecule has 1 N–H and O–H groups in total. The Balaban J connectivity index is 2.52. The Morgan fingerprint density at radius 2 is 2.00 bits per heavy atom. The lowest BCUT2D eigenvalue weighted by Crippen LogP contribution is -1.96. The van der Waals surface area contributed by atoms with Gasteiger partial charge in [0.1, 0.15) is 5.75 Å². The maximum atomic E-state index is 9.33. The lowest BCUT2D eigenvalue weighted by atomic mass is 10.0. The third-order valence-electron chi connectivity index (χ3n) is 2.56. The molecule has 3 nitrogen and oxygen atoms in total. The van der Waals surface area contributed by atoms with Crippen molar-refractivity contribution >= 4 is 0 Å². The van der Waals surface area contributed by atoms with Gasteiger partial charge < -0.3 is 9.84 Å². The number of nitrogens with zero attached hydrogens (tertiary/aromatic N) is 1. The van der Waals surface area contributed by atoms with E-state index < -0.39 is 0 Å². The highest BCUT2D eigenvalue weighted by molar-refractivity contribution is 5.72. The number of rotatable bonds is 4. The Labute approximate surface area is 101 Å². The normalized spacial score (nSPS) is 10.2. The molecule has 1 aromatic carbocycles. The number of benzene rings is 1. The van der Waals surface area contributed by atoms with Crippen molar-refractivity contribution in [2.24, 2.45) is 0 Å². The van der Waals surface area contributed by atoms with E-state index in [1.807, 2.05) is 37.3 Å². The summed E-state index contributed by atoms with van der Waals surface area (Å²) < 4.78 is 5.58. The number of ether oxygens (including phenoxy) is 1. The minimum absolute atomic E-state index is 0.00167. The average molecular weight is 229 g/mol. The van der Waals surface area contributed by atoms with Crippen LogP contribution in [0.4, 0.5) is 0 Å². The molecular formula is C14H15NO2. The van der Waals surface area contributed by atoms with Crippen LogP contribution in [0.3, 0.4) is 0 Å². The van der Waals surface area contributed by atoms with Gasteiger partial charge in [-0.05, 0) is 24.6 Å². The molecule has 0 fully saturated rings. The van der Waals surface area contributed by atoms with Crippen LogP contribution in [-0.2, 0) is 6.61 Å². The van der Waals surface area contributed by atoms with E-state index in [9.17, 15) is 5.11 Å². The van der Waals surface area contributed by atoms with E-state index in [4.69, 9.17) is 4.74 Å². The molecule has 17 heavy (non-hydrogen) atoms. The second-order valence-electron chi connectivity index (χ2n) is 3.62. The molecule has 3 heteroatoms. The van der Waals surface area contributed by atoms with Crippen molar-refractivity contribution in [1.29, 1.82) is 0 Å². The van der Waals surface area contributed by atoms with Gasteiger partial charge >= 0.3 is 0 Å². The number of aliphatic hydroxyl groups excluding tert-OH is 1. The van der Waals surface area contributed by atoms with Gasteiger partial charge in [-0.2, -0.15) is 0 Å². The second-order valence-corrected chi connectivity index (χ2v) is 3.62. The zero-order chi connectivity index (χ0) is 12.1. The van der Waals surface area contributed by atoms with Gasteiger partial charge in [-0.25, -0.2) is 0 Å². The van der Waals surface area contributed by atoms with Crippen LogP contribution in [0, 0.1) is 0 Å². The van der Waals surface area contributed by atoms with Crippen molar-refractivity contribution in [1.82, 2.24) is 4.98 Å². The van der Waals surface area contributed by atoms with Gasteiger partial charge in [0, 0.05) is 23.5 Å². The third-order valence-corrected chi connectivity index (χ3v) is 2.56. The molecule has 0 unspecified atom stereocenters. The van der Waals surface area contributed by atoms with Crippen LogP contribution in [-0.4, -0.2) is 16.7 Å². The van der Waals surface area contributed by atoms with Crippen molar-refractivity contribution in [3.05, 3.63) is 48.3 Å². The number of aromatic nitrogens is 1. The first-order chi connectivity index (χ1) is 8.36. The molecule has 0 atom stereocenters. The molecule has 88 valence electrons. The maximum Gasteiger partial charge on any atom is 0.127 e. The van der Waals surface area contributed by atoms with Crippen LogP contribution >= 0.6 is 0 Å². The Hall–Kier alpha value is -1.87. The Morgan fingerprint density at radius 3 is 2.76 bits per heavy atom. The summed E-state index contributed by atoms with van der Waals surface area (Å²) in [6, 6.07) is 9.60. The summed E-state index contributed by atoms with van der Waals surface area (Å²) in [7, 11) is 0. The fourth-order valence-corrected chi connectivity index (χ4v) is 1.77. The van der Waals surface area contributed by atoms with E-state index in [1.165, 1.54) is 0 Å². The number of hydrogen-bond acceptors (Lipinski definition) is 3. The predicted molar refractivity (Wildman–Crippen MR) is 66.8 cm³/mol. The molecule has 1 heterocycles. The van der Waals surface area contributed by atoms with E-state index in [2.05, 4.69) is 4.98 Å². The van der Waals surface area contributed by atoms with E-state index >= 15 is 0 Å². The van der Waals surface area contributed by atoms with Crippen LogP contribution in [0.2, 0.25) is 0 Å². The number of hydrogen-bond donors (Lipinski definition) is 1. The minimum Gasteiger partial charge on any atom is -0.493 e. The highest BCUT2D eigenvalue weighted by atomic mass is 16.5. The Kier molecular flexibility index (Phi) is 3.73. The molecule has 0 bridgehead atoms. The van der Waals surface area contributed by atoms with Crippen molar-refractivity contribution in [2.75, 3.05) is 6.61 Å². The van der Waals surface area contributed by atoms with E-state index in [0.29, 0.717) is 6.61 Å². The van der Waals surface area contributed by atoms with Gasteiger partial charge in [-0.15, -0.1) is 0 Å². The summed E-state index contributed by atoms with van der Waals surface area (Å²) in [5, 5.41) is 9.33. The van der Waals surface area contributed by atoms with E-state index in [1.54, 1.807) is 12.4 Å². The van der Waals surface area contributed by atoms with Gasteiger partial charge in [-0.3, -0.25) is 4.98 Å². The molecule has 0 amide bonds. The van der Waals surface area contributed by atoms with E-state index in [-0.39, 0.29) is 6.61 Å². The minimum atomic E-state index is -0.00167. The van der Waals surface area contributed by atoms with Crippen molar-refractivity contribution in [2.45, 2.75) is 13.5 Å². The quantitative estimate of drug-likeness (QED) is 0.876. The highest BCUT2D eigenvalue weighted by Crippen LogP contribution is 2.31. The van der Waals surface area contributed by atoms with Crippen molar-refractivity contribution in [3.63, 3.8) is 0 Å². The highest BCUT2D eigenvalue weighted by Gasteiger charge is 2.09. The summed E-state index contributed by atoms with van der Waals surface area (Å²) in [4.78, 5) is 4.10. The first-order valence-corrected chi connectivity index (χ1v) is 5.62. The number of aliphatic hydroxyl groups is 1. The predicted octanol–water partition coefficient (Wildman–Crippen LogP) is 2.64. The summed E-state index contributed by atoms with van der Waals surface area (Å²) in [5.74, 6) is 0.817. The SMILES string of the molecule is CCOc1ccccc1-c1cnccc1CO. The molecule has 1 aromatic heterocycles. The molecule has 0 spiro atoms. The molecule has 0 aliphatic rings. The summed E-state index contributed by atoms with van der Waals surface area (Å²) in [6.45, 7) is 2.57. The lowest BCUT2D eigenvalue weighted by Gasteiger charge is -2.12. The molecule has 0 radical (unpaired) electrons. The standard InChI is InChI=1S/C14H15NO2/c1-2-17-14-6-4-3-5-12(14)13-9-15-8-7-11(13)10-16/h3-9,16H,2,10H2,1H3. The van der Waals surface area contributed by atoms with E-state index in [0.717, 1.165) is 22.4 Å². The largest absolute Gasteiger partial charge is 0.493 e. The smallest absolute Gasteiger partial charge is 0.127 e. The topological polar surface area (TPSA) is 42.4 Å². The molecule has 0 saturated carbocycles. The molecule has 0 aliphatic carbocycles. The third kappa shape index (κ3) is 2.45. The summed E-state index contributed by atoms with van der Waals surface area (Å²) in [5.41, 5.74) is 2.73. The zero-order valence-electron chi connectivity index (χ0n) is 9.76. The molecule has 0 aliphatic heterocycles. The van der Waals surface area contributed by atoms with Crippen LogP contribution in [0.25, 0.3) is 11.1 Å². The first-order valence-electron chi connectivity index (χ1n) is 5.62. The van der Waals surface area contributed by atoms with Gasteiger partial charge in [0.25, 0.3) is 0 Å². The monoisotopic (exact) mass is 229 g/mol. The summed E-state index contributed by atoms with van der Waals surface area (Å²) in [6.07, 6.45) is 3.43. The zero-order valence-corrected chi connectivity index (χ0v) is 9.76. The maximum absolute atomic E-state index is 9.33. The van der Waals surface area contributed by atoms with Crippen LogP contribution in [0.5, 0.6) is 5.75 Å². The number of pyridine rings is 1. The van der Waals surface area contributed by atoms with Gasteiger partial charge in [-0.1, -0.05) is 18.2 Å². The molecule has 2 aromatic rings. The van der Waals surface area contributed by atoms with Crippen molar-refractivity contribution < 1.29 is 9.84 Å². The fourth-order valence-electron chi connectivity index (χ4n) is 1.77. The van der Waals surface area contributed by atoms with Gasteiger partial charge in [0.15, 0.2) is 0 Å². The van der Waals surface area contributed by atoms with Crippen molar-refractivity contribution in [3.8, 4) is 16.9 Å². The fraction of sp³-hybridized carbons (Fsp3) is 0.214. The second kappa shape index (κ2) is 5.46. The van der Waals surface area contributed by atoms with Crippen LogP contribution in [0.1, 0.15) is 12.5 Å². The lowest BCUT2D eigenvalue weighted by molar-refractivity contribution is 0.282. The molecule has 0 saturated heterocycles. The average Bonchev–Trinajstić information content (AvgIpc) is 2.40. The molecular weight excluding hydrogens is 214 g/mol. The Morgan fingerprint density at radius 1 is 1.18 bits per heavy atom. The molecule has 2 rings (SSSR count). The first kappa shape index (κ1) is 11.6. The van der Waals surface area contributed by atoms with Gasteiger partial charge in [0.05, 0.1) is 13.2 Å². The van der Waals surface area contributed by atoms with Crippen LogP contribution in [0.15, 0.2) is 42.7 Å². The Bertz CT molecular complexity index is 497. The van der Waals surface area contributed by atoms with Gasteiger partial charge in [0.2, 0.25) is 0 Å².